The minimum absolute atomic E-state index is 0.199. The van der Waals surface area contributed by atoms with E-state index in [1.807, 2.05) is 0 Å². The van der Waals surface area contributed by atoms with E-state index in [2.05, 4.69) is 15.9 Å². The number of fused-ring (bicyclic) bond motifs is 1. The molecule has 1 heterocycles. The molecule has 0 bridgehead atoms. The van der Waals surface area contributed by atoms with Crippen LogP contribution in [0.4, 0.5) is 4.39 Å². The van der Waals surface area contributed by atoms with Gasteiger partial charge >= 0.3 is 0 Å². The highest BCUT2D eigenvalue weighted by Gasteiger charge is 2.17. The molecule has 0 spiro atoms. The zero-order valence-corrected chi connectivity index (χ0v) is 12.8. The third-order valence-electron chi connectivity index (χ3n) is 3.37. The second kappa shape index (κ2) is 6.03. The van der Waals surface area contributed by atoms with Crippen LogP contribution >= 0.6 is 15.9 Å². The minimum Gasteiger partial charge on any atom is -0.486 e. The van der Waals surface area contributed by atoms with Crippen LogP contribution in [0.15, 0.2) is 40.9 Å². The highest BCUT2D eigenvalue weighted by Crippen LogP contribution is 2.33. The van der Waals surface area contributed by atoms with Crippen molar-refractivity contribution in [1.29, 1.82) is 0 Å². The summed E-state index contributed by atoms with van der Waals surface area (Å²) >= 11 is 3.31. The Balaban J connectivity index is 1.82. The van der Waals surface area contributed by atoms with E-state index >= 15 is 0 Å². The molecular formula is C16H14BrFO3. The van der Waals surface area contributed by atoms with E-state index in [1.54, 1.807) is 30.3 Å². The molecule has 0 fully saturated rings. The number of halogens is 2. The average Bonchev–Trinajstić information content (AvgIpc) is 2.50. The van der Waals surface area contributed by atoms with Gasteiger partial charge in [-0.15, -0.1) is 0 Å². The van der Waals surface area contributed by atoms with Crippen molar-refractivity contribution < 1.29 is 19.0 Å². The van der Waals surface area contributed by atoms with E-state index in [0.29, 0.717) is 35.8 Å². The molecule has 0 saturated heterocycles. The molecule has 5 heteroatoms. The molecule has 2 aromatic carbocycles. The SMILES string of the molecule is OC(Cc1cc(Br)ccc1F)c1ccc2c(c1)OCCO2. The van der Waals surface area contributed by atoms with Crippen LogP contribution in [0.3, 0.4) is 0 Å². The van der Waals surface area contributed by atoms with Gasteiger partial charge in [0, 0.05) is 10.9 Å². The van der Waals surface area contributed by atoms with Gasteiger partial charge in [0.25, 0.3) is 0 Å². The van der Waals surface area contributed by atoms with E-state index < -0.39 is 6.10 Å². The number of rotatable bonds is 3. The van der Waals surface area contributed by atoms with Gasteiger partial charge in [-0.25, -0.2) is 4.39 Å². The summed E-state index contributed by atoms with van der Waals surface area (Å²) in [5.41, 5.74) is 1.14. The van der Waals surface area contributed by atoms with Crippen molar-refractivity contribution in [3.8, 4) is 11.5 Å². The van der Waals surface area contributed by atoms with Crippen LogP contribution < -0.4 is 9.47 Å². The van der Waals surface area contributed by atoms with Crippen LogP contribution in [0.1, 0.15) is 17.2 Å². The van der Waals surface area contributed by atoms with Crippen molar-refractivity contribution >= 4 is 15.9 Å². The predicted octanol–water partition coefficient (Wildman–Crippen LogP) is 3.64. The third kappa shape index (κ3) is 3.19. The molecular weight excluding hydrogens is 339 g/mol. The highest BCUT2D eigenvalue weighted by atomic mass is 79.9. The summed E-state index contributed by atoms with van der Waals surface area (Å²) in [7, 11) is 0. The number of benzene rings is 2. The van der Waals surface area contributed by atoms with Gasteiger partial charge in [0.15, 0.2) is 11.5 Å². The topological polar surface area (TPSA) is 38.7 Å². The summed E-state index contributed by atoms with van der Waals surface area (Å²) < 4.78 is 25.5. The first-order valence-electron chi connectivity index (χ1n) is 6.65. The Bertz CT molecular complexity index is 660. The maximum atomic E-state index is 13.7. The molecule has 0 saturated carbocycles. The van der Waals surface area contributed by atoms with Gasteiger partial charge in [0.1, 0.15) is 19.0 Å². The van der Waals surface area contributed by atoms with E-state index in [4.69, 9.17) is 9.47 Å². The molecule has 3 rings (SSSR count). The van der Waals surface area contributed by atoms with Crippen LogP contribution in [0.2, 0.25) is 0 Å². The van der Waals surface area contributed by atoms with Gasteiger partial charge in [-0.1, -0.05) is 22.0 Å². The lowest BCUT2D eigenvalue weighted by Gasteiger charge is -2.20. The largest absolute Gasteiger partial charge is 0.486 e. The Labute approximate surface area is 130 Å². The first-order chi connectivity index (χ1) is 10.1. The highest BCUT2D eigenvalue weighted by molar-refractivity contribution is 9.10. The lowest BCUT2D eigenvalue weighted by Crippen LogP contribution is -2.15. The van der Waals surface area contributed by atoms with Crippen molar-refractivity contribution in [2.24, 2.45) is 0 Å². The Morgan fingerprint density at radius 2 is 1.86 bits per heavy atom. The summed E-state index contributed by atoms with van der Waals surface area (Å²) in [4.78, 5) is 0. The number of aliphatic hydroxyl groups excluding tert-OH is 1. The van der Waals surface area contributed by atoms with E-state index in [0.717, 1.165) is 4.47 Å². The normalized spacial score (nSPS) is 14.8. The van der Waals surface area contributed by atoms with Crippen LogP contribution in [0.5, 0.6) is 11.5 Å². The summed E-state index contributed by atoms with van der Waals surface area (Å²) in [6.45, 7) is 1.02. The third-order valence-corrected chi connectivity index (χ3v) is 3.87. The average molecular weight is 353 g/mol. The molecule has 1 unspecified atom stereocenters. The van der Waals surface area contributed by atoms with Crippen molar-refractivity contribution in [3.05, 3.63) is 57.8 Å². The van der Waals surface area contributed by atoms with Gasteiger partial charge < -0.3 is 14.6 Å². The van der Waals surface area contributed by atoms with E-state index in [1.165, 1.54) is 6.07 Å². The molecule has 21 heavy (non-hydrogen) atoms. The maximum absolute atomic E-state index is 13.7. The number of ether oxygens (including phenoxy) is 2. The van der Waals surface area contributed by atoms with Gasteiger partial charge in [-0.05, 0) is 41.5 Å². The number of hydrogen-bond donors (Lipinski definition) is 1. The summed E-state index contributed by atoms with van der Waals surface area (Å²) in [6.07, 6.45) is -0.602. The van der Waals surface area contributed by atoms with Crippen LogP contribution in [-0.4, -0.2) is 18.3 Å². The smallest absolute Gasteiger partial charge is 0.161 e. The molecule has 0 aromatic heterocycles. The number of aliphatic hydroxyl groups is 1. The predicted molar refractivity (Wildman–Crippen MR) is 80.2 cm³/mol. The Hall–Kier alpha value is -1.59. The van der Waals surface area contributed by atoms with Crippen molar-refractivity contribution in [2.75, 3.05) is 13.2 Å². The molecule has 0 amide bonds. The maximum Gasteiger partial charge on any atom is 0.161 e. The summed E-state index contributed by atoms with van der Waals surface area (Å²) in [5.74, 6) is 0.966. The first-order valence-corrected chi connectivity index (χ1v) is 7.44. The van der Waals surface area contributed by atoms with Crippen LogP contribution in [0.25, 0.3) is 0 Å². The monoisotopic (exact) mass is 352 g/mol. The van der Waals surface area contributed by atoms with Gasteiger partial charge in [0.2, 0.25) is 0 Å². The van der Waals surface area contributed by atoms with Gasteiger partial charge in [-0.2, -0.15) is 0 Å². The van der Waals surface area contributed by atoms with Crippen molar-refractivity contribution in [1.82, 2.24) is 0 Å². The fourth-order valence-corrected chi connectivity index (χ4v) is 2.70. The second-order valence-electron chi connectivity index (χ2n) is 4.86. The Morgan fingerprint density at radius 1 is 1.10 bits per heavy atom. The van der Waals surface area contributed by atoms with E-state index in [9.17, 15) is 9.50 Å². The summed E-state index contributed by atoms with van der Waals surface area (Å²) in [5, 5.41) is 10.3. The molecule has 1 N–H and O–H groups in total. The fourth-order valence-electron chi connectivity index (χ4n) is 2.29. The molecule has 3 nitrogen and oxygen atoms in total. The molecule has 0 radical (unpaired) electrons. The molecule has 1 atom stereocenters. The molecule has 0 aliphatic carbocycles. The Morgan fingerprint density at radius 3 is 2.67 bits per heavy atom. The summed E-state index contributed by atoms with van der Waals surface area (Å²) in [6, 6.07) is 9.98. The zero-order valence-electron chi connectivity index (χ0n) is 11.2. The van der Waals surface area contributed by atoms with Gasteiger partial charge in [0.05, 0.1) is 6.10 Å². The van der Waals surface area contributed by atoms with Crippen molar-refractivity contribution in [3.63, 3.8) is 0 Å². The van der Waals surface area contributed by atoms with Crippen molar-refractivity contribution in [2.45, 2.75) is 12.5 Å². The fraction of sp³-hybridized carbons (Fsp3) is 0.250. The molecule has 110 valence electrons. The first kappa shape index (κ1) is 14.4. The van der Waals surface area contributed by atoms with Crippen LogP contribution in [-0.2, 0) is 6.42 Å². The molecule has 1 aliphatic heterocycles. The number of hydrogen-bond acceptors (Lipinski definition) is 3. The zero-order chi connectivity index (χ0) is 14.8. The second-order valence-corrected chi connectivity index (χ2v) is 5.77. The quantitative estimate of drug-likeness (QED) is 0.916. The van der Waals surface area contributed by atoms with Crippen LogP contribution in [0, 0.1) is 5.82 Å². The van der Waals surface area contributed by atoms with Gasteiger partial charge in [-0.3, -0.25) is 0 Å². The van der Waals surface area contributed by atoms with E-state index in [-0.39, 0.29) is 12.2 Å². The lowest BCUT2D eigenvalue weighted by atomic mass is 10.0. The minimum atomic E-state index is -0.801. The molecule has 2 aromatic rings. The Kier molecular flexibility index (Phi) is 4.12. The standard InChI is InChI=1S/C16H14BrFO3/c17-12-2-3-13(18)11(7-12)8-14(19)10-1-4-15-16(9-10)21-6-5-20-15/h1-4,7,9,14,19H,5-6,8H2. The molecule has 1 aliphatic rings. The lowest BCUT2D eigenvalue weighted by molar-refractivity contribution is 0.164.